The van der Waals surface area contributed by atoms with Crippen LogP contribution in [-0.2, 0) is 6.61 Å². The lowest BCUT2D eigenvalue weighted by atomic mass is 10.0. The highest BCUT2D eigenvalue weighted by Gasteiger charge is 2.27. The van der Waals surface area contributed by atoms with Crippen LogP contribution in [0.2, 0.25) is 0 Å². The van der Waals surface area contributed by atoms with Crippen molar-refractivity contribution < 1.29 is 9.53 Å². The van der Waals surface area contributed by atoms with Crippen molar-refractivity contribution in [3.05, 3.63) is 65.7 Å². The summed E-state index contributed by atoms with van der Waals surface area (Å²) in [6.07, 6.45) is 3.24. The molecule has 1 aliphatic carbocycles. The van der Waals surface area contributed by atoms with Crippen LogP contribution < -0.4 is 15.8 Å². The van der Waals surface area contributed by atoms with Crippen molar-refractivity contribution in [2.24, 2.45) is 11.7 Å². The molecule has 2 atom stereocenters. The van der Waals surface area contributed by atoms with Gasteiger partial charge in [-0.15, -0.1) is 12.4 Å². The molecule has 0 bridgehead atoms. The molecular formula is C20H25ClN2O2. The summed E-state index contributed by atoms with van der Waals surface area (Å²) in [7, 11) is 0. The lowest BCUT2D eigenvalue weighted by molar-refractivity contribution is 0.0928. The van der Waals surface area contributed by atoms with Gasteiger partial charge in [-0.3, -0.25) is 4.79 Å². The Balaban J connectivity index is 0.00000225. The van der Waals surface area contributed by atoms with Crippen LogP contribution in [0.3, 0.4) is 0 Å². The van der Waals surface area contributed by atoms with Gasteiger partial charge < -0.3 is 15.8 Å². The van der Waals surface area contributed by atoms with E-state index in [1.165, 1.54) is 0 Å². The lowest BCUT2D eigenvalue weighted by Crippen LogP contribution is -2.39. The molecule has 1 saturated carbocycles. The molecule has 1 fully saturated rings. The summed E-state index contributed by atoms with van der Waals surface area (Å²) in [6.45, 7) is 1.12. The number of hydrogen-bond acceptors (Lipinski definition) is 3. The van der Waals surface area contributed by atoms with Crippen molar-refractivity contribution in [1.82, 2.24) is 5.32 Å². The quantitative estimate of drug-likeness (QED) is 0.828. The van der Waals surface area contributed by atoms with Crippen LogP contribution in [0.15, 0.2) is 54.6 Å². The summed E-state index contributed by atoms with van der Waals surface area (Å²) in [6, 6.07) is 17.5. The molecule has 2 aromatic rings. The van der Waals surface area contributed by atoms with Crippen LogP contribution in [0, 0.1) is 5.92 Å². The summed E-state index contributed by atoms with van der Waals surface area (Å²) in [5, 5.41) is 3.12. The van der Waals surface area contributed by atoms with Crippen molar-refractivity contribution in [3.63, 3.8) is 0 Å². The molecule has 0 aromatic heterocycles. The van der Waals surface area contributed by atoms with E-state index in [1.54, 1.807) is 6.07 Å². The van der Waals surface area contributed by atoms with E-state index in [0.29, 0.717) is 30.4 Å². The maximum Gasteiger partial charge on any atom is 0.251 e. The summed E-state index contributed by atoms with van der Waals surface area (Å²) >= 11 is 0. The Morgan fingerprint density at radius 2 is 1.92 bits per heavy atom. The van der Waals surface area contributed by atoms with E-state index >= 15 is 0 Å². The van der Waals surface area contributed by atoms with E-state index in [0.717, 1.165) is 24.8 Å². The third kappa shape index (κ3) is 5.21. The van der Waals surface area contributed by atoms with Gasteiger partial charge in [0, 0.05) is 11.6 Å². The van der Waals surface area contributed by atoms with Crippen LogP contribution >= 0.6 is 12.4 Å². The van der Waals surface area contributed by atoms with Gasteiger partial charge >= 0.3 is 0 Å². The van der Waals surface area contributed by atoms with E-state index in [1.807, 2.05) is 48.5 Å². The molecule has 134 valence electrons. The van der Waals surface area contributed by atoms with Crippen LogP contribution in [0.1, 0.15) is 35.2 Å². The number of rotatable bonds is 6. The van der Waals surface area contributed by atoms with E-state index in [2.05, 4.69) is 5.32 Å². The first-order valence-electron chi connectivity index (χ1n) is 8.54. The second-order valence-electron chi connectivity index (χ2n) is 6.31. The van der Waals surface area contributed by atoms with E-state index in [-0.39, 0.29) is 24.4 Å². The molecule has 4 nitrogen and oxygen atoms in total. The summed E-state index contributed by atoms with van der Waals surface area (Å²) in [5.74, 6) is 1.05. The third-order valence-electron chi connectivity index (χ3n) is 4.62. The molecule has 0 spiro atoms. The van der Waals surface area contributed by atoms with Gasteiger partial charge in [0.1, 0.15) is 12.4 Å². The largest absolute Gasteiger partial charge is 0.489 e. The Morgan fingerprint density at radius 3 is 2.68 bits per heavy atom. The molecule has 25 heavy (non-hydrogen) atoms. The van der Waals surface area contributed by atoms with Crippen LogP contribution in [-0.4, -0.2) is 18.5 Å². The first kappa shape index (κ1) is 19.3. The molecule has 0 saturated heterocycles. The number of nitrogens with two attached hydrogens (primary N) is 1. The minimum absolute atomic E-state index is 0. The van der Waals surface area contributed by atoms with Gasteiger partial charge in [-0.2, -0.15) is 0 Å². The van der Waals surface area contributed by atoms with Crippen molar-refractivity contribution in [3.8, 4) is 5.75 Å². The minimum Gasteiger partial charge on any atom is -0.489 e. The molecule has 1 aliphatic rings. The topological polar surface area (TPSA) is 64.3 Å². The second-order valence-corrected chi connectivity index (χ2v) is 6.31. The highest BCUT2D eigenvalue weighted by atomic mass is 35.5. The zero-order chi connectivity index (χ0) is 16.8. The summed E-state index contributed by atoms with van der Waals surface area (Å²) < 4.78 is 5.80. The predicted molar refractivity (Wildman–Crippen MR) is 102 cm³/mol. The van der Waals surface area contributed by atoms with Gasteiger partial charge in [0.25, 0.3) is 5.91 Å². The van der Waals surface area contributed by atoms with Crippen LogP contribution in [0.4, 0.5) is 0 Å². The monoisotopic (exact) mass is 360 g/mol. The SMILES string of the molecule is Cl.NCC1CCCC1NC(=O)c1cccc(OCc2ccccc2)c1. The third-order valence-corrected chi connectivity index (χ3v) is 4.62. The number of nitrogens with one attached hydrogen (secondary N) is 1. The number of carbonyl (C=O) groups excluding carboxylic acids is 1. The standard InChI is InChI=1S/C20H24N2O2.ClH/c21-13-17-9-5-11-19(17)22-20(23)16-8-4-10-18(12-16)24-14-15-6-2-1-3-7-15;/h1-4,6-8,10,12,17,19H,5,9,11,13-14,21H2,(H,22,23);1H. The second kappa shape index (κ2) is 9.44. The Morgan fingerprint density at radius 1 is 1.12 bits per heavy atom. The summed E-state index contributed by atoms with van der Waals surface area (Å²) in [4.78, 5) is 12.5. The average molecular weight is 361 g/mol. The molecule has 0 heterocycles. The predicted octanol–water partition coefficient (Wildman–Crippen LogP) is 3.54. The zero-order valence-corrected chi connectivity index (χ0v) is 15.0. The average Bonchev–Trinajstić information content (AvgIpc) is 3.08. The molecule has 2 aromatic carbocycles. The maximum absolute atomic E-state index is 12.5. The molecule has 1 amide bonds. The van der Waals surface area contributed by atoms with Gasteiger partial charge in [-0.1, -0.05) is 42.8 Å². The van der Waals surface area contributed by atoms with E-state index < -0.39 is 0 Å². The van der Waals surface area contributed by atoms with Crippen molar-refractivity contribution in [2.75, 3.05) is 6.54 Å². The molecule has 2 unspecified atom stereocenters. The molecule has 3 rings (SSSR count). The highest BCUT2D eigenvalue weighted by molar-refractivity contribution is 5.94. The van der Waals surface area contributed by atoms with E-state index in [4.69, 9.17) is 10.5 Å². The van der Waals surface area contributed by atoms with Crippen molar-refractivity contribution >= 4 is 18.3 Å². The van der Waals surface area contributed by atoms with Gasteiger partial charge in [0.2, 0.25) is 0 Å². The lowest BCUT2D eigenvalue weighted by Gasteiger charge is -2.19. The van der Waals surface area contributed by atoms with Crippen LogP contribution in [0.5, 0.6) is 5.75 Å². The first-order valence-corrected chi connectivity index (χ1v) is 8.54. The maximum atomic E-state index is 12.5. The number of amides is 1. The molecular weight excluding hydrogens is 336 g/mol. The van der Waals surface area contributed by atoms with Gasteiger partial charge in [0.15, 0.2) is 0 Å². The van der Waals surface area contributed by atoms with E-state index in [9.17, 15) is 4.79 Å². The van der Waals surface area contributed by atoms with Crippen molar-refractivity contribution in [1.29, 1.82) is 0 Å². The van der Waals surface area contributed by atoms with Gasteiger partial charge in [0.05, 0.1) is 0 Å². The Bertz CT molecular complexity index is 678. The molecule has 0 aliphatic heterocycles. The number of halogens is 1. The number of hydrogen-bond donors (Lipinski definition) is 2. The first-order chi connectivity index (χ1) is 11.8. The Hall–Kier alpha value is -2.04. The molecule has 5 heteroatoms. The summed E-state index contributed by atoms with van der Waals surface area (Å²) in [5.41, 5.74) is 7.52. The normalized spacial score (nSPS) is 19.1. The van der Waals surface area contributed by atoms with Gasteiger partial charge in [-0.05, 0) is 49.1 Å². The number of benzene rings is 2. The fraction of sp³-hybridized carbons (Fsp3) is 0.350. The Kier molecular flexibility index (Phi) is 7.29. The minimum atomic E-state index is -0.0505. The number of ether oxygens (including phenoxy) is 1. The van der Waals surface area contributed by atoms with Crippen molar-refractivity contribution in [2.45, 2.75) is 31.9 Å². The molecule has 0 radical (unpaired) electrons. The highest BCUT2D eigenvalue weighted by Crippen LogP contribution is 2.25. The molecule has 3 N–H and O–H groups in total. The number of carbonyl (C=O) groups is 1. The van der Waals surface area contributed by atoms with Crippen LogP contribution in [0.25, 0.3) is 0 Å². The fourth-order valence-electron chi connectivity index (χ4n) is 3.23. The smallest absolute Gasteiger partial charge is 0.251 e. The Labute approximate surface area is 155 Å². The van der Waals surface area contributed by atoms with Gasteiger partial charge in [-0.25, -0.2) is 0 Å². The fourth-order valence-corrected chi connectivity index (χ4v) is 3.23. The zero-order valence-electron chi connectivity index (χ0n) is 14.2.